The van der Waals surface area contributed by atoms with Crippen LogP contribution in [-0.4, -0.2) is 73.8 Å². The molecule has 1 saturated heterocycles. The van der Waals surface area contributed by atoms with Crippen molar-refractivity contribution in [2.45, 2.75) is 49.8 Å². The molecule has 0 saturated carbocycles. The highest BCUT2D eigenvalue weighted by molar-refractivity contribution is 7.89. The van der Waals surface area contributed by atoms with Crippen molar-refractivity contribution in [2.75, 3.05) is 27.2 Å². The molecule has 2 N–H and O–H groups in total. The second-order valence-corrected chi connectivity index (χ2v) is 13.3. The zero-order valence-electron chi connectivity index (χ0n) is 25.3. The molecule has 2 heterocycles. The third-order valence-electron chi connectivity index (χ3n) is 7.22. The normalized spacial score (nSPS) is 15.8. The predicted molar refractivity (Wildman–Crippen MR) is 165 cm³/mol. The minimum Gasteiger partial charge on any atom is -0.478 e. The molecule has 1 unspecified atom stereocenters. The standard InChI is InChI=1S/C31H37FN4O6S.ClH/c1-20(2)28(29(37)35(4)5)41-30(38)26(33)16-22-7-6-8-25(15-22)43(39,40)36-18-31(19-36,27-14-11-23(32)17-34-27)42-24-12-9-21(3)10-13-24;/h6-15,17,20,26,28H,16,18-19,33H2,1-5H3;1H/t26-,28?;/m0./s1. The van der Waals surface area contributed by atoms with Crippen molar-refractivity contribution in [3.05, 3.63) is 89.5 Å². The van der Waals surface area contributed by atoms with Crippen LogP contribution in [0.25, 0.3) is 0 Å². The molecule has 13 heteroatoms. The lowest BCUT2D eigenvalue weighted by Gasteiger charge is -2.48. The lowest BCUT2D eigenvalue weighted by molar-refractivity contribution is -0.163. The zero-order valence-corrected chi connectivity index (χ0v) is 26.9. The largest absolute Gasteiger partial charge is 0.478 e. The van der Waals surface area contributed by atoms with E-state index in [1.54, 1.807) is 52.2 Å². The second-order valence-electron chi connectivity index (χ2n) is 11.3. The first kappa shape index (κ1) is 34.9. The molecule has 0 radical (unpaired) electrons. The maximum atomic E-state index is 13.6. The van der Waals surface area contributed by atoms with Crippen molar-refractivity contribution < 1.29 is 31.9 Å². The molecule has 2 atom stereocenters. The minimum absolute atomic E-state index is 0. The first-order chi connectivity index (χ1) is 20.2. The Kier molecular flexibility index (Phi) is 11.1. The van der Waals surface area contributed by atoms with E-state index in [-0.39, 0.29) is 48.6 Å². The highest BCUT2D eigenvalue weighted by Gasteiger charge is 2.53. The number of pyridine rings is 1. The van der Waals surface area contributed by atoms with Gasteiger partial charge in [-0.25, -0.2) is 12.8 Å². The summed E-state index contributed by atoms with van der Waals surface area (Å²) in [6.07, 6.45) is 0.0950. The van der Waals surface area contributed by atoms with E-state index in [1.165, 1.54) is 33.5 Å². The summed E-state index contributed by atoms with van der Waals surface area (Å²) < 4.78 is 53.9. The Morgan fingerprint density at radius 2 is 1.75 bits per heavy atom. The van der Waals surface area contributed by atoms with Crippen LogP contribution >= 0.6 is 12.4 Å². The van der Waals surface area contributed by atoms with Crippen molar-refractivity contribution >= 4 is 34.3 Å². The minimum atomic E-state index is -3.97. The zero-order chi connectivity index (χ0) is 31.5. The molecule has 1 aliphatic rings. The summed E-state index contributed by atoms with van der Waals surface area (Å²) >= 11 is 0. The van der Waals surface area contributed by atoms with Crippen LogP contribution in [0, 0.1) is 18.7 Å². The summed E-state index contributed by atoms with van der Waals surface area (Å²) in [5, 5.41) is 0. The molecule has 0 aliphatic carbocycles. The van der Waals surface area contributed by atoms with Gasteiger partial charge < -0.3 is 20.1 Å². The summed E-state index contributed by atoms with van der Waals surface area (Å²) in [6.45, 7) is 5.38. The van der Waals surface area contributed by atoms with Crippen LogP contribution in [0.3, 0.4) is 0 Å². The molecule has 1 aliphatic heterocycles. The van der Waals surface area contributed by atoms with Crippen LogP contribution in [0.15, 0.2) is 71.8 Å². The Hall–Kier alpha value is -3.58. The maximum absolute atomic E-state index is 13.6. The number of hydrogen-bond acceptors (Lipinski definition) is 8. The average Bonchev–Trinajstić information content (AvgIpc) is 2.94. The van der Waals surface area contributed by atoms with Gasteiger partial charge in [0, 0.05) is 14.1 Å². The number of amides is 1. The highest BCUT2D eigenvalue weighted by Crippen LogP contribution is 2.39. The molecule has 0 bridgehead atoms. The van der Waals surface area contributed by atoms with Crippen LogP contribution in [0.5, 0.6) is 5.75 Å². The number of aromatic nitrogens is 1. The average molecular weight is 649 g/mol. The van der Waals surface area contributed by atoms with Crippen molar-refractivity contribution in [1.29, 1.82) is 0 Å². The molecule has 44 heavy (non-hydrogen) atoms. The van der Waals surface area contributed by atoms with Crippen LogP contribution in [0.2, 0.25) is 0 Å². The third-order valence-corrected chi connectivity index (χ3v) is 9.01. The molecular formula is C31H38ClFN4O6S. The van der Waals surface area contributed by atoms with Crippen LogP contribution < -0.4 is 10.5 Å². The van der Waals surface area contributed by atoms with Gasteiger partial charge in [0.1, 0.15) is 17.6 Å². The van der Waals surface area contributed by atoms with Gasteiger partial charge in [-0.1, -0.05) is 43.7 Å². The lowest BCUT2D eigenvalue weighted by atomic mass is 9.91. The van der Waals surface area contributed by atoms with E-state index in [1.807, 2.05) is 19.1 Å². The molecule has 238 valence electrons. The molecule has 2 aromatic carbocycles. The summed E-state index contributed by atoms with van der Waals surface area (Å²) in [7, 11) is -0.826. The van der Waals surface area contributed by atoms with Gasteiger partial charge in [0.2, 0.25) is 10.0 Å². The molecule has 3 aromatic rings. The van der Waals surface area contributed by atoms with E-state index >= 15 is 0 Å². The Morgan fingerprint density at radius 3 is 2.32 bits per heavy atom. The number of sulfonamides is 1. The van der Waals surface area contributed by atoms with Gasteiger partial charge in [-0.05, 0) is 61.2 Å². The fraction of sp³-hybridized carbons (Fsp3) is 0.387. The van der Waals surface area contributed by atoms with Crippen LogP contribution in [0.4, 0.5) is 4.39 Å². The van der Waals surface area contributed by atoms with Gasteiger partial charge in [0.05, 0.1) is 29.9 Å². The van der Waals surface area contributed by atoms with Gasteiger partial charge in [-0.3, -0.25) is 14.6 Å². The van der Waals surface area contributed by atoms with Crippen molar-refractivity contribution in [3.8, 4) is 5.75 Å². The predicted octanol–water partition coefficient (Wildman–Crippen LogP) is 3.46. The Balaban J connectivity index is 0.00000529. The van der Waals surface area contributed by atoms with Crippen LogP contribution in [-0.2, 0) is 36.4 Å². The van der Waals surface area contributed by atoms with Crippen molar-refractivity contribution in [2.24, 2.45) is 11.7 Å². The molecule has 1 aromatic heterocycles. The molecular weight excluding hydrogens is 611 g/mol. The third kappa shape index (κ3) is 7.73. The number of likely N-dealkylation sites (N-methyl/N-ethyl adjacent to an activating group) is 1. The number of hydrogen-bond donors (Lipinski definition) is 1. The number of rotatable bonds is 11. The monoisotopic (exact) mass is 648 g/mol. The summed E-state index contributed by atoms with van der Waals surface area (Å²) in [5.74, 6) is -1.35. The summed E-state index contributed by atoms with van der Waals surface area (Å²) in [4.78, 5) is 30.7. The molecule has 1 fully saturated rings. The smallest absolute Gasteiger partial charge is 0.324 e. The highest BCUT2D eigenvalue weighted by atomic mass is 35.5. The van der Waals surface area contributed by atoms with Gasteiger partial charge in [0.15, 0.2) is 11.7 Å². The fourth-order valence-corrected chi connectivity index (χ4v) is 6.31. The van der Waals surface area contributed by atoms with Gasteiger partial charge in [0.25, 0.3) is 5.91 Å². The van der Waals surface area contributed by atoms with Crippen molar-refractivity contribution in [1.82, 2.24) is 14.2 Å². The molecule has 1 amide bonds. The number of nitrogens with two attached hydrogens (primary N) is 1. The number of nitrogens with zero attached hydrogens (tertiary/aromatic N) is 3. The van der Waals surface area contributed by atoms with Gasteiger partial charge in [-0.2, -0.15) is 4.31 Å². The van der Waals surface area contributed by atoms with E-state index in [2.05, 4.69) is 4.98 Å². The number of carbonyl (C=O) groups excluding carboxylic acids is 2. The molecule has 10 nitrogen and oxygen atoms in total. The SMILES string of the molecule is Cc1ccc(OC2(c3ccc(F)cn3)CN(S(=O)(=O)c3cccc(C[C@H](N)C(=O)OC(C(=O)N(C)C)C(C)C)c3)C2)cc1.Cl. The number of aryl methyl sites for hydroxylation is 1. The fourth-order valence-electron chi connectivity index (χ4n) is 4.71. The van der Waals surface area contributed by atoms with Crippen molar-refractivity contribution in [3.63, 3.8) is 0 Å². The quantitative estimate of drug-likeness (QED) is 0.313. The Labute approximate surface area is 263 Å². The van der Waals surface area contributed by atoms with E-state index in [0.29, 0.717) is 17.0 Å². The number of halogens is 2. The van der Waals surface area contributed by atoms with E-state index < -0.39 is 39.6 Å². The Morgan fingerprint density at radius 1 is 1.09 bits per heavy atom. The number of ether oxygens (including phenoxy) is 2. The van der Waals surface area contributed by atoms with Crippen LogP contribution in [0.1, 0.15) is 30.7 Å². The second kappa shape index (κ2) is 14.0. The molecule has 4 rings (SSSR count). The summed E-state index contributed by atoms with van der Waals surface area (Å²) in [6, 6.07) is 15.1. The Bertz CT molecular complexity index is 1560. The lowest BCUT2D eigenvalue weighted by Crippen LogP contribution is -2.64. The molecule has 0 spiro atoms. The number of benzene rings is 2. The first-order valence-corrected chi connectivity index (χ1v) is 15.3. The van der Waals surface area contributed by atoms with Gasteiger partial charge >= 0.3 is 5.97 Å². The summed E-state index contributed by atoms with van der Waals surface area (Å²) in [5.41, 5.74) is 6.95. The number of esters is 1. The van der Waals surface area contributed by atoms with Gasteiger partial charge in [-0.15, -0.1) is 12.4 Å². The number of carbonyl (C=O) groups is 2. The van der Waals surface area contributed by atoms with E-state index in [0.717, 1.165) is 11.8 Å². The first-order valence-electron chi connectivity index (χ1n) is 13.9. The van der Waals surface area contributed by atoms with E-state index in [9.17, 15) is 22.4 Å². The topological polar surface area (TPSA) is 132 Å². The maximum Gasteiger partial charge on any atom is 0.324 e. The van der Waals surface area contributed by atoms with E-state index in [4.69, 9.17) is 15.2 Å².